The Labute approximate surface area is 155 Å². The molecule has 0 aliphatic carbocycles. The molecule has 0 aliphatic rings. The van der Waals surface area contributed by atoms with Crippen LogP contribution in [-0.2, 0) is 12.8 Å². The van der Waals surface area contributed by atoms with Crippen molar-refractivity contribution in [3.63, 3.8) is 0 Å². The van der Waals surface area contributed by atoms with Crippen LogP contribution in [-0.4, -0.2) is 23.4 Å². The third-order valence-electron chi connectivity index (χ3n) is 4.42. The van der Waals surface area contributed by atoms with Gasteiger partial charge in [-0.05, 0) is 68.9 Å². The van der Waals surface area contributed by atoms with Gasteiger partial charge < -0.3 is 15.6 Å². The summed E-state index contributed by atoms with van der Waals surface area (Å²) in [5.74, 6) is 0.822. The van der Waals surface area contributed by atoms with E-state index >= 15 is 0 Å². The Morgan fingerprint density at radius 1 is 1.08 bits per heavy atom. The van der Waals surface area contributed by atoms with Crippen LogP contribution in [0, 0.1) is 0 Å². The molecule has 1 atom stereocenters. The maximum absolute atomic E-state index is 10.0. The van der Waals surface area contributed by atoms with E-state index in [1.807, 2.05) is 50.2 Å². The summed E-state index contributed by atoms with van der Waals surface area (Å²) in [5.41, 5.74) is 7.28. The zero-order valence-electron chi connectivity index (χ0n) is 15.0. The first kappa shape index (κ1) is 19.8. The smallest absolute Gasteiger partial charge is 0.130 e. The Balaban J connectivity index is 1.92. The van der Waals surface area contributed by atoms with Crippen LogP contribution in [0.25, 0.3) is 0 Å². The van der Waals surface area contributed by atoms with Gasteiger partial charge in [0.15, 0.2) is 0 Å². The van der Waals surface area contributed by atoms with E-state index in [0.717, 1.165) is 42.0 Å². The number of aryl methyl sites for hydroxylation is 2. The van der Waals surface area contributed by atoms with Crippen LogP contribution in [0.2, 0.25) is 5.02 Å². The van der Waals surface area contributed by atoms with Gasteiger partial charge in [-0.1, -0.05) is 41.9 Å². The molecular weight excluding hydrogens is 334 g/mol. The van der Waals surface area contributed by atoms with Crippen molar-refractivity contribution in [2.24, 2.45) is 5.73 Å². The molecule has 2 aromatic carbocycles. The van der Waals surface area contributed by atoms with E-state index in [1.165, 1.54) is 5.56 Å². The molecule has 0 saturated carbocycles. The van der Waals surface area contributed by atoms with Crippen molar-refractivity contribution < 1.29 is 9.84 Å². The summed E-state index contributed by atoms with van der Waals surface area (Å²) in [6.07, 6.45) is 3.39. The molecule has 2 rings (SSSR count). The van der Waals surface area contributed by atoms with Crippen molar-refractivity contribution in [1.29, 1.82) is 0 Å². The number of rotatable bonds is 9. The Morgan fingerprint density at radius 2 is 1.80 bits per heavy atom. The lowest BCUT2D eigenvalue weighted by molar-refractivity contribution is -0.0233. The van der Waals surface area contributed by atoms with Crippen molar-refractivity contribution in [3.05, 3.63) is 64.7 Å². The van der Waals surface area contributed by atoms with E-state index in [9.17, 15) is 5.11 Å². The SMILES string of the molecule is CC(C)(Oc1ccccc1CCCCc1cccc(Cl)c1)C(O)CN. The normalized spacial score (nSPS) is 12.8. The average molecular weight is 362 g/mol. The van der Waals surface area contributed by atoms with E-state index in [4.69, 9.17) is 22.1 Å². The molecule has 0 bridgehead atoms. The van der Waals surface area contributed by atoms with Gasteiger partial charge in [0.1, 0.15) is 17.5 Å². The molecule has 4 heteroatoms. The standard InChI is InChI=1S/C21H28ClNO2/c1-21(2,20(24)15-23)25-19-13-6-5-11-17(19)10-4-3-8-16-9-7-12-18(22)14-16/h5-7,9,11-14,20,24H,3-4,8,10,15,23H2,1-2H3. The Kier molecular flexibility index (Phi) is 7.30. The fraction of sp³-hybridized carbons (Fsp3) is 0.429. The quantitative estimate of drug-likeness (QED) is 0.651. The minimum absolute atomic E-state index is 0.175. The number of para-hydroxylation sites is 1. The molecule has 1 unspecified atom stereocenters. The molecule has 3 nitrogen and oxygen atoms in total. The number of ether oxygens (including phenoxy) is 1. The number of aliphatic hydroxyl groups excluding tert-OH is 1. The van der Waals surface area contributed by atoms with Gasteiger partial charge in [0.25, 0.3) is 0 Å². The highest BCUT2D eigenvalue weighted by atomic mass is 35.5. The summed E-state index contributed by atoms with van der Waals surface area (Å²) >= 11 is 6.03. The first-order valence-corrected chi connectivity index (χ1v) is 9.19. The predicted octanol–water partition coefficient (Wildman–Crippen LogP) is 4.38. The summed E-state index contributed by atoms with van der Waals surface area (Å²) in [7, 11) is 0. The van der Waals surface area contributed by atoms with E-state index < -0.39 is 11.7 Å². The second kappa shape index (κ2) is 9.23. The number of hydrogen-bond donors (Lipinski definition) is 2. The minimum Gasteiger partial charge on any atom is -0.485 e. The van der Waals surface area contributed by atoms with Crippen molar-refractivity contribution in [2.45, 2.75) is 51.2 Å². The number of halogens is 1. The van der Waals surface area contributed by atoms with Gasteiger partial charge in [-0.2, -0.15) is 0 Å². The van der Waals surface area contributed by atoms with Crippen LogP contribution in [0.15, 0.2) is 48.5 Å². The Morgan fingerprint density at radius 3 is 2.52 bits per heavy atom. The number of hydrogen-bond acceptors (Lipinski definition) is 3. The molecule has 0 heterocycles. The zero-order valence-corrected chi connectivity index (χ0v) is 15.8. The van der Waals surface area contributed by atoms with Gasteiger partial charge >= 0.3 is 0 Å². The van der Waals surface area contributed by atoms with Crippen LogP contribution in [0.3, 0.4) is 0 Å². The summed E-state index contributed by atoms with van der Waals surface area (Å²) in [5, 5.41) is 10.8. The van der Waals surface area contributed by atoms with Crippen LogP contribution in [0.5, 0.6) is 5.75 Å². The second-order valence-electron chi connectivity index (χ2n) is 6.90. The minimum atomic E-state index is -0.717. The number of benzene rings is 2. The maximum atomic E-state index is 10.0. The highest BCUT2D eigenvalue weighted by molar-refractivity contribution is 6.30. The monoisotopic (exact) mass is 361 g/mol. The molecular formula is C21H28ClNO2. The van der Waals surface area contributed by atoms with Crippen LogP contribution in [0.4, 0.5) is 0 Å². The molecule has 136 valence electrons. The first-order chi connectivity index (χ1) is 11.9. The van der Waals surface area contributed by atoms with Gasteiger partial charge in [0.2, 0.25) is 0 Å². The van der Waals surface area contributed by atoms with Gasteiger partial charge in [-0.3, -0.25) is 0 Å². The number of aliphatic hydroxyl groups is 1. The molecule has 0 aliphatic heterocycles. The lowest BCUT2D eigenvalue weighted by atomic mass is 10.00. The Bertz CT molecular complexity index is 672. The Hall–Kier alpha value is -1.55. The van der Waals surface area contributed by atoms with E-state index in [2.05, 4.69) is 12.1 Å². The van der Waals surface area contributed by atoms with E-state index in [1.54, 1.807) is 0 Å². The zero-order chi connectivity index (χ0) is 18.3. The summed E-state index contributed by atoms with van der Waals surface area (Å²) in [6, 6.07) is 16.0. The molecule has 0 fully saturated rings. The van der Waals surface area contributed by atoms with E-state index in [0.29, 0.717) is 0 Å². The maximum Gasteiger partial charge on any atom is 0.130 e. The van der Waals surface area contributed by atoms with Crippen LogP contribution >= 0.6 is 11.6 Å². The number of unbranched alkanes of at least 4 members (excludes halogenated alkanes) is 1. The fourth-order valence-electron chi connectivity index (χ4n) is 2.78. The third-order valence-corrected chi connectivity index (χ3v) is 4.66. The van der Waals surface area contributed by atoms with Crippen molar-refractivity contribution in [3.8, 4) is 5.75 Å². The van der Waals surface area contributed by atoms with Gasteiger partial charge in [-0.15, -0.1) is 0 Å². The summed E-state index contributed by atoms with van der Waals surface area (Å²) in [4.78, 5) is 0. The largest absolute Gasteiger partial charge is 0.485 e. The second-order valence-corrected chi connectivity index (χ2v) is 7.34. The molecule has 0 spiro atoms. The highest BCUT2D eigenvalue weighted by Crippen LogP contribution is 2.26. The molecule has 0 radical (unpaired) electrons. The fourth-order valence-corrected chi connectivity index (χ4v) is 3.00. The third kappa shape index (κ3) is 6.03. The first-order valence-electron chi connectivity index (χ1n) is 8.82. The average Bonchev–Trinajstić information content (AvgIpc) is 2.59. The molecule has 0 aromatic heterocycles. The van der Waals surface area contributed by atoms with E-state index in [-0.39, 0.29) is 6.54 Å². The molecule has 2 aromatic rings. The van der Waals surface area contributed by atoms with Gasteiger partial charge in [0, 0.05) is 11.6 Å². The molecule has 3 N–H and O–H groups in total. The van der Waals surface area contributed by atoms with Crippen LogP contribution < -0.4 is 10.5 Å². The molecule has 0 amide bonds. The van der Waals surface area contributed by atoms with Crippen molar-refractivity contribution in [2.75, 3.05) is 6.54 Å². The number of nitrogens with two attached hydrogens (primary N) is 1. The van der Waals surface area contributed by atoms with Crippen molar-refractivity contribution in [1.82, 2.24) is 0 Å². The van der Waals surface area contributed by atoms with Gasteiger partial charge in [0.05, 0.1) is 0 Å². The van der Waals surface area contributed by atoms with Crippen LogP contribution in [0.1, 0.15) is 37.8 Å². The predicted molar refractivity (Wildman–Crippen MR) is 104 cm³/mol. The summed E-state index contributed by atoms with van der Waals surface area (Å²) < 4.78 is 6.07. The van der Waals surface area contributed by atoms with Gasteiger partial charge in [-0.25, -0.2) is 0 Å². The lowest BCUT2D eigenvalue weighted by Crippen LogP contribution is -2.46. The molecule has 0 saturated heterocycles. The molecule has 25 heavy (non-hydrogen) atoms. The highest BCUT2D eigenvalue weighted by Gasteiger charge is 2.29. The lowest BCUT2D eigenvalue weighted by Gasteiger charge is -2.31. The van der Waals surface area contributed by atoms with Crippen molar-refractivity contribution >= 4 is 11.6 Å². The summed E-state index contributed by atoms with van der Waals surface area (Å²) in [6.45, 7) is 3.90. The topological polar surface area (TPSA) is 55.5 Å².